The second-order valence-electron chi connectivity index (χ2n) is 7.77. The first-order valence-electron chi connectivity index (χ1n) is 10.5. The second kappa shape index (κ2) is 13.1. The highest BCUT2D eigenvalue weighted by Crippen LogP contribution is 2.26. The van der Waals surface area contributed by atoms with Crippen molar-refractivity contribution in [3.63, 3.8) is 0 Å². The Morgan fingerprint density at radius 2 is 1.81 bits per heavy atom. The highest BCUT2D eigenvalue weighted by molar-refractivity contribution is 5.98. The van der Waals surface area contributed by atoms with Crippen LogP contribution in [0.25, 0.3) is 0 Å². The van der Waals surface area contributed by atoms with E-state index >= 15 is 0 Å². The van der Waals surface area contributed by atoms with Crippen LogP contribution in [-0.2, 0) is 23.8 Å². The minimum absolute atomic E-state index is 0.0825. The number of esters is 1. The molecule has 27 heavy (non-hydrogen) atoms. The lowest BCUT2D eigenvalue weighted by Crippen LogP contribution is -2.31. The van der Waals surface area contributed by atoms with Gasteiger partial charge in [0.15, 0.2) is 11.6 Å². The molecule has 1 unspecified atom stereocenters. The Hall–Kier alpha value is -1.20. The minimum Gasteiger partial charge on any atom is -0.466 e. The summed E-state index contributed by atoms with van der Waals surface area (Å²) in [5.74, 6) is -0.582. The zero-order valence-electron chi connectivity index (χ0n) is 17.7. The third kappa shape index (κ3) is 10.6. The molecular formula is C22H38O5. The fourth-order valence-corrected chi connectivity index (χ4v) is 3.13. The van der Waals surface area contributed by atoms with Gasteiger partial charge in [0, 0.05) is 20.0 Å². The monoisotopic (exact) mass is 382 g/mol. The third-order valence-corrected chi connectivity index (χ3v) is 4.90. The van der Waals surface area contributed by atoms with E-state index in [9.17, 15) is 9.59 Å². The summed E-state index contributed by atoms with van der Waals surface area (Å²) in [6, 6.07) is 0. The van der Waals surface area contributed by atoms with E-state index in [4.69, 9.17) is 14.2 Å². The molecule has 0 aromatic heterocycles. The summed E-state index contributed by atoms with van der Waals surface area (Å²) in [6.45, 7) is 6.41. The minimum atomic E-state index is -0.679. The van der Waals surface area contributed by atoms with Crippen molar-refractivity contribution in [3.05, 3.63) is 11.6 Å². The maximum atomic E-state index is 12.1. The summed E-state index contributed by atoms with van der Waals surface area (Å²) in [5.41, 5.74) is 0.874. The molecule has 5 heteroatoms. The standard InChI is InChI=1S/C22H38O5/c1-5-6-7-12-15-26-21(24)14-11-9-8-10-13-18-16-19(17-20(18)23)27-22(2,3)25-4/h16,19H,5-15,17H2,1-4H3. The number of hydrogen-bond donors (Lipinski definition) is 0. The van der Waals surface area contributed by atoms with E-state index in [-0.39, 0.29) is 17.9 Å². The number of unbranched alkanes of at least 4 members (excludes halogenated alkanes) is 6. The Kier molecular flexibility index (Phi) is 11.5. The molecule has 1 rings (SSSR count). The smallest absolute Gasteiger partial charge is 0.305 e. The Morgan fingerprint density at radius 3 is 2.52 bits per heavy atom. The first kappa shape index (κ1) is 23.8. The van der Waals surface area contributed by atoms with Gasteiger partial charge in [-0.1, -0.05) is 39.0 Å². The Balaban J connectivity index is 2.09. The number of carbonyl (C=O) groups is 2. The van der Waals surface area contributed by atoms with E-state index in [1.54, 1.807) is 7.11 Å². The summed E-state index contributed by atoms with van der Waals surface area (Å²) >= 11 is 0. The van der Waals surface area contributed by atoms with Gasteiger partial charge in [-0.2, -0.15) is 0 Å². The van der Waals surface area contributed by atoms with Crippen molar-refractivity contribution in [1.29, 1.82) is 0 Å². The van der Waals surface area contributed by atoms with E-state index in [0.29, 0.717) is 19.4 Å². The van der Waals surface area contributed by atoms with Gasteiger partial charge in [0.05, 0.1) is 12.7 Å². The molecule has 0 amide bonds. The Morgan fingerprint density at radius 1 is 1.11 bits per heavy atom. The molecule has 0 radical (unpaired) electrons. The van der Waals surface area contributed by atoms with Gasteiger partial charge in [-0.3, -0.25) is 9.59 Å². The van der Waals surface area contributed by atoms with Crippen LogP contribution < -0.4 is 0 Å². The number of carbonyl (C=O) groups excluding carboxylic acids is 2. The quantitative estimate of drug-likeness (QED) is 0.223. The normalized spacial score (nSPS) is 17.3. The van der Waals surface area contributed by atoms with Gasteiger partial charge in [0.25, 0.3) is 0 Å². The molecule has 0 aliphatic heterocycles. The average Bonchev–Trinajstić information content (AvgIpc) is 2.96. The zero-order chi connectivity index (χ0) is 20.1. The largest absolute Gasteiger partial charge is 0.466 e. The van der Waals surface area contributed by atoms with Crippen LogP contribution in [0, 0.1) is 0 Å². The zero-order valence-corrected chi connectivity index (χ0v) is 17.7. The lowest BCUT2D eigenvalue weighted by molar-refractivity contribution is -0.212. The van der Waals surface area contributed by atoms with Gasteiger partial charge in [-0.05, 0) is 51.2 Å². The number of allylic oxidation sites excluding steroid dienone is 1. The highest BCUT2D eigenvalue weighted by Gasteiger charge is 2.29. The molecule has 0 heterocycles. The van der Waals surface area contributed by atoms with Crippen molar-refractivity contribution in [1.82, 2.24) is 0 Å². The fourth-order valence-electron chi connectivity index (χ4n) is 3.13. The van der Waals surface area contributed by atoms with Crippen LogP contribution in [0.2, 0.25) is 0 Å². The van der Waals surface area contributed by atoms with Crippen molar-refractivity contribution < 1.29 is 23.8 Å². The van der Waals surface area contributed by atoms with E-state index in [2.05, 4.69) is 6.92 Å². The number of hydrogen-bond acceptors (Lipinski definition) is 5. The summed E-state index contributed by atoms with van der Waals surface area (Å²) < 4.78 is 16.3. The number of ketones is 1. The van der Waals surface area contributed by atoms with Gasteiger partial charge in [0.1, 0.15) is 0 Å². The molecule has 156 valence electrons. The molecule has 1 aliphatic carbocycles. The van der Waals surface area contributed by atoms with Crippen molar-refractivity contribution in [2.75, 3.05) is 13.7 Å². The van der Waals surface area contributed by atoms with E-state index in [1.165, 1.54) is 12.8 Å². The maximum absolute atomic E-state index is 12.1. The van der Waals surface area contributed by atoms with Crippen molar-refractivity contribution in [3.8, 4) is 0 Å². The van der Waals surface area contributed by atoms with Gasteiger partial charge in [-0.25, -0.2) is 0 Å². The van der Waals surface area contributed by atoms with Crippen molar-refractivity contribution in [2.24, 2.45) is 0 Å². The van der Waals surface area contributed by atoms with Crippen molar-refractivity contribution >= 4 is 11.8 Å². The van der Waals surface area contributed by atoms with Crippen LogP contribution in [0.15, 0.2) is 11.6 Å². The fraction of sp³-hybridized carbons (Fsp3) is 0.818. The molecule has 1 atom stereocenters. The van der Waals surface area contributed by atoms with E-state index in [0.717, 1.165) is 50.5 Å². The highest BCUT2D eigenvalue weighted by atomic mass is 16.7. The third-order valence-electron chi connectivity index (χ3n) is 4.90. The van der Waals surface area contributed by atoms with Crippen LogP contribution in [0.4, 0.5) is 0 Å². The van der Waals surface area contributed by atoms with Crippen molar-refractivity contribution in [2.45, 2.75) is 103 Å². The summed E-state index contributed by atoms with van der Waals surface area (Å²) in [7, 11) is 1.60. The van der Waals surface area contributed by atoms with Crippen LogP contribution in [0.3, 0.4) is 0 Å². The van der Waals surface area contributed by atoms with Gasteiger partial charge in [0.2, 0.25) is 0 Å². The molecule has 0 saturated carbocycles. The molecule has 0 aromatic rings. The predicted octanol–water partition coefficient (Wildman–Crippen LogP) is 5.12. The molecular weight excluding hydrogens is 344 g/mol. The van der Waals surface area contributed by atoms with Gasteiger partial charge >= 0.3 is 5.97 Å². The van der Waals surface area contributed by atoms with Crippen LogP contribution >= 0.6 is 0 Å². The maximum Gasteiger partial charge on any atom is 0.305 e. The first-order chi connectivity index (χ1) is 12.9. The van der Waals surface area contributed by atoms with Crippen LogP contribution in [-0.4, -0.2) is 37.4 Å². The molecule has 5 nitrogen and oxygen atoms in total. The average molecular weight is 383 g/mol. The Labute approximate surface area is 164 Å². The SMILES string of the molecule is CCCCCCOC(=O)CCCCCCC1=CC(OC(C)(C)OC)CC1=O. The predicted molar refractivity (Wildman–Crippen MR) is 106 cm³/mol. The molecule has 0 fully saturated rings. The Bertz CT molecular complexity index is 481. The number of Topliss-reactive ketones (excluding diaryl/α,β-unsaturated/α-hetero) is 1. The second-order valence-corrected chi connectivity index (χ2v) is 7.77. The van der Waals surface area contributed by atoms with E-state index in [1.807, 2.05) is 19.9 Å². The lowest BCUT2D eigenvalue weighted by Gasteiger charge is -2.26. The number of methoxy groups -OCH3 is 1. The van der Waals surface area contributed by atoms with Crippen LogP contribution in [0.1, 0.15) is 91.4 Å². The molecule has 1 aliphatic rings. The topological polar surface area (TPSA) is 61.8 Å². The first-order valence-corrected chi connectivity index (χ1v) is 10.5. The van der Waals surface area contributed by atoms with Gasteiger partial charge in [-0.15, -0.1) is 0 Å². The lowest BCUT2D eigenvalue weighted by atomic mass is 10.0. The van der Waals surface area contributed by atoms with Gasteiger partial charge < -0.3 is 14.2 Å². The summed E-state index contributed by atoms with van der Waals surface area (Å²) in [5, 5.41) is 0. The van der Waals surface area contributed by atoms with Crippen LogP contribution in [0.5, 0.6) is 0 Å². The molecule has 0 aromatic carbocycles. The molecule has 0 N–H and O–H groups in total. The molecule has 0 bridgehead atoms. The van der Waals surface area contributed by atoms with E-state index < -0.39 is 5.79 Å². The molecule has 0 spiro atoms. The summed E-state index contributed by atoms with van der Waals surface area (Å²) in [4.78, 5) is 23.7. The summed E-state index contributed by atoms with van der Waals surface area (Å²) in [6.07, 6.45) is 11.8. The molecule has 0 saturated heterocycles. The number of ether oxygens (including phenoxy) is 3. The number of rotatable bonds is 15.